The van der Waals surface area contributed by atoms with Gasteiger partial charge in [-0.05, 0) is 71.9 Å². The van der Waals surface area contributed by atoms with Gasteiger partial charge in [0.15, 0.2) is 0 Å². The second kappa shape index (κ2) is 7.54. The molecule has 2 aliphatic rings. The van der Waals surface area contributed by atoms with E-state index in [9.17, 15) is 9.35 Å². The summed E-state index contributed by atoms with van der Waals surface area (Å²) < 4.78 is 21.5. The number of rotatable bonds is 2. The molecule has 1 heterocycles. The molecule has 1 N–H and O–H groups in total. The van der Waals surface area contributed by atoms with Gasteiger partial charge in [-0.1, -0.05) is 24.3 Å². The van der Waals surface area contributed by atoms with E-state index in [-0.39, 0.29) is 22.3 Å². The Kier molecular flexibility index (Phi) is 5.78. The average Bonchev–Trinajstić information content (AvgIpc) is 2.87. The molecule has 1 aromatic rings. The van der Waals surface area contributed by atoms with Crippen molar-refractivity contribution in [3.05, 3.63) is 35.4 Å². The summed E-state index contributed by atoms with van der Waals surface area (Å²) in [7, 11) is 0. The number of carbonyl (C=O) groups is 1. The van der Waals surface area contributed by atoms with Gasteiger partial charge in [-0.25, -0.2) is 4.79 Å². The number of nitrogens with one attached hydrogen (secondary N) is 1. The van der Waals surface area contributed by atoms with Gasteiger partial charge in [0.1, 0.15) is 10.3 Å². The highest BCUT2D eigenvalue weighted by molar-refractivity contribution is 7.90. The maximum Gasteiger partial charge on any atom is 0.410 e. The minimum absolute atomic E-state index is 0.0873. The molecule has 6 heteroatoms. The molecule has 0 aromatic heterocycles. The van der Waals surface area contributed by atoms with Gasteiger partial charge in [-0.15, -0.1) is 4.72 Å². The Morgan fingerprint density at radius 2 is 1.79 bits per heavy atom. The Morgan fingerprint density at radius 3 is 2.36 bits per heavy atom. The van der Waals surface area contributed by atoms with Crippen molar-refractivity contribution >= 4 is 17.5 Å². The summed E-state index contributed by atoms with van der Waals surface area (Å²) in [5.41, 5.74) is 2.11. The highest BCUT2D eigenvalue weighted by Gasteiger charge is 2.51. The third kappa shape index (κ3) is 4.34. The van der Waals surface area contributed by atoms with Gasteiger partial charge in [0.05, 0.1) is 6.04 Å². The van der Waals surface area contributed by atoms with E-state index in [1.54, 1.807) is 0 Å². The van der Waals surface area contributed by atoms with Crippen LogP contribution in [0.2, 0.25) is 0 Å². The lowest BCUT2D eigenvalue weighted by molar-refractivity contribution is 0.0152. The van der Waals surface area contributed by atoms with Crippen LogP contribution in [0.15, 0.2) is 24.3 Å². The molecule has 1 aliphatic carbocycles. The van der Waals surface area contributed by atoms with Gasteiger partial charge < -0.3 is 14.2 Å². The molecule has 5 nitrogen and oxygen atoms in total. The summed E-state index contributed by atoms with van der Waals surface area (Å²) in [6.45, 7) is 13.0. The summed E-state index contributed by atoms with van der Waals surface area (Å²) in [5, 5.41) is 0. The minimum Gasteiger partial charge on any atom is -0.598 e. The van der Waals surface area contributed by atoms with E-state index in [2.05, 4.69) is 29.0 Å². The quantitative estimate of drug-likeness (QED) is 0.756. The number of hydrogen-bond acceptors (Lipinski definition) is 4. The number of ether oxygens (including phenoxy) is 1. The molecule has 2 unspecified atom stereocenters. The second-order valence-corrected chi connectivity index (χ2v) is 12.0. The molecule has 0 saturated carbocycles. The van der Waals surface area contributed by atoms with Gasteiger partial charge in [0.25, 0.3) is 0 Å². The third-order valence-electron chi connectivity index (χ3n) is 5.76. The fourth-order valence-corrected chi connectivity index (χ4v) is 5.20. The number of likely N-dealkylation sites (tertiary alicyclic amines) is 1. The summed E-state index contributed by atoms with van der Waals surface area (Å²) in [6.07, 6.45) is 2.34. The van der Waals surface area contributed by atoms with Crippen molar-refractivity contribution in [2.45, 2.75) is 82.6 Å². The molecule has 1 saturated heterocycles. The van der Waals surface area contributed by atoms with Crippen molar-refractivity contribution < 1.29 is 14.1 Å². The van der Waals surface area contributed by atoms with Crippen LogP contribution >= 0.6 is 0 Å². The summed E-state index contributed by atoms with van der Waals surface area (Å²) in [4.78, 5) is 14.3. The van der Waals surface area contributed by atoms with Gasteiger partial charge in [0, 0.05) is 29.9 Å². The van der Waals surface area contributed by atoms with Crippen LogP contribution in [0.4, 0.5) is 4.79 Å². The lowest BCUT2D eigenvalue weighted by Crippen LogP contribution is -2.56. The number of hydrogen-bond donors (Lipinski definition) is 1. The number of amides is 1. The minimum atomic E-state index is -1.13. The standard InChI is InChI=1S/C22H34N2O3S/c1-20(2,3)27-19(25)24-13-11-22(12-14-24)17-10-8-7-9-16(17)15-18(22)23-28(26)21(4,5)6/h7-10,18,23H,11-15H2,1-6H3. The zero-order chi connectivity index (χ0) is 20.7. The van der Waals surface area contributed by atoms with Crippen molar-refractivity contribution in [2.24, 2.45) is 0 Å². The highest BCUT2D eigenvalue weighted by Crippen LogP contribution is 2.47. The zero-order valence-electron chi connectivity index (χ0n) is 18.0. The van der Waals surface area contributed by atoms with Crippen LogP contribution in [0.1, 0.15) is 65.5 Å². The van der Waals surface area contributed by atoms with E-state index >= 15 is 0 Å². The normalized spacial score (nSPS) is 22.8. The molecule has 1 aliphatic heterocycles. The van der Waals surface area contributed by atoms with E-state index in [1.165, 1.54) is 11.1 Å². The van der Waals surface area contributed by atoms with E-state index < -0.39 is 17.0 Å². The van der Waals surface area contributed by atoms with E-state index in [4.69, 9.17) is 4.74 Å². The van der Waals surface area contributed by atoms with Crippen LogP contribution in [0.5, 0.6) is 0 Å². The topological polar surface area (TPSA) is 64.6 Å². The first-order valence-electron chi connectivity index (χ1n) is 10.2. The first kappa shape index (κ1) is 21.5. The van der Waals surface area contributed by atoms with Gasteiger partial charge in [0.2, 0.25) is 0 Å². The maximum absolute atomic E-state index is 12.8. The molecule has 1 spiro atoms. The van der Waals surface area contributed by atoms with Gasteiger partial charge >= 0.3 is 6.09 Å². The monoisotopic (exact) mass is 406 g/mol. The molecule has 156 valence electrons. The largest absolute Gasteiger partial charge is 0.598 e. The van der Waals surface area contributed by atoms with Gasteiger partial charge in [-0.2, -0.15) is 0 Å². The lowest BCUT2D eigenvalue weighted by atomic mass is 9.71. The predicted octanol–water partition coefficient (Wildman–Crippen LogP) is 3.93. The molecule has 2 atom stereocenters. The molecular weight excluding hydrogens is 372 g/mol. The van der Waals surface area contributed by atoms with Crippen molar-refractivity contribution in [1.29, 1.82) is 0 Å². The van der Waals surface area contributed by atoms with E-state index in [1.807, 2.05) is 46.4 Å². The molecule has 0 bridgehead atoms. The lowest BCUT2D eigenvalue weighted by Gasteiger charge is -2.44. The Balaban J connectivity index is 1.80. The van der Waals surface area contributed by atoms with Crippen molar-refractivity contribution in [2.75, 3.05) is 13.1 Å². The van der Waals surface area contributed by atoms with E-state index in [0.717, 1.165) is 19.3 Å². The second-order valence-electron chi connectivity index (χ2n) is 10.0. The zero-order valence-corrected chi connectivity index (χ0v) is 18.8. The Morgan fingerprint density at radius 1 is 1.18 bits per heavy atom. The smallest absolute Gasteiger partial charge is 0.410 e. The average molecular weight is 407 g/mol. The van der Waals surface area contributed by atoms with Crippen LogP contribution in [-0.2, 0) is 27.9 Å². The summed E-state index contributed by atoms with van der Waals surface area (Å²) in [6, 6.07) is 8.67. The first-order chi connectivity index (χ1) is 12.9. The van der Waals surface area contributed by atoms with Crippen LogP contribution in [-0.4, -0.2) is 45.0 Å². The number of benzene rings is 1. The first-order valence-corrected chi connectivity index (χ1v) is 11.3. The highest BCUT2D eigenvalue weighted by atomic mass is 32.2. The molecule has 28 heavy (non-hydrogen) atoms. The summed E-state index contributed by atoms with van der Waals surface area (Å²) in [5.74, 6) is 0. The number of piperidine rings is 1. The SMILES string of the molecule is CC(C)(C)OC(=O)N1CCC2(CC1)c1ccccc1CC2N[S+]([O-])C(C)(C)C. The maximum atomic E-state index is 12.8. The Bertz CT molecular complexity index is 715. The Hall–Kier alpha value is -1.24. The fraction of sp³-hybridized carbons (Fsp3) is 0.682. The summed E-state index contributed by atoms with van der Waals surface area (Å²) >= 11 is -1.13. The van der Waals surface area contributed by atoms with Crippen molar-refractivity contribution in [3.63, 3.8) is 0 Å². The number of carbonyl (C=O) groups excluding carboxylic acids is 1. The fourth-order valence-electron chi connectivity index (χ4n) is 4.28. The molecule has 1 fully saturated rings. The molecule has 1 amide bonds. The molecule has 3 rings (SSSR count). The van der Waals surface area contributed by atoms with Crippen molar-refractivity contribution in [3.8, 4) is 0 Å². The van der Waals surface area contributed by atoms with Crippen LogP contribution in [0.25, 0.3) is 0 Å². The van der Waals surface area contributed by atoms with Crippen LogP contribution < -0.4 is 4.72 Å². The third-order valence-corrected chi connectivity index (χ3v) is 7.37. The van der Waals surface area contributed by atoms with Crippen molar-refractivity contribution in [1.82, 2.24) is 9.62 Å². The number of nitrogens with zero attached hydrogens (tertiary/aromatic N) is 1. The van der Waals surface area contributed by atoms with Crippen LogP contribution in [0.3, 0.4) is 0 Å². The molecule has 0 radical (unpaired) electrons. The number of fused-ring (bicyclic) bond motifs is 2. The van der Waals surface area contributed by atoms with Crippen LogP contribution in [0, 0.1) is 0 Å². The van der Waals surface area contributed by atoms with E-state index in [0.29, 0.717) is 13.1 Å². The predicted molar refractivity (Wildman–Crippen MR) is 114 cm³/mol. The van der Waals surface area contributed by atoms with Gasteiger partial charge in [-0.3, -0.25) is 0 Å². The Labute approximate surface area is 172 Å². The molecular formula is C22H34N2O3S. The molecule has 1 aromatic carbocycles.